The van der Waals surface area contributed by atoms with Crippen molar-refractivity contribution >= 4 is 0 Å². The highest BCUT2D eigenvalue weighted by Gasteiger charge is 2.23. The monoisotopic (exact) mass is 238 g/mol. The van der Waals surface area contributed by atoms with E-state index in [9.17, 15) is 0 Å². The summed E-state index contributed by atoms with van der Waals surface area (Å²) in [6.07, 6.45) is 11.0. The van der Waals surface area contributed by atoms with Crippen molar-refractivity contribution in [1.29, 1.82) is 0 Å². The SMILES string of the molecule is CCC1CCCN(CC2CCCC(N)C2)CC1. The second-order valence-electron chi connectivity index (χ2n) is 6.30. The topological polar surface area (TPSA) is 29.3 Å². The third kappa shape index (κ3) is 4.26. The molecule has 1 saturated heterocycles. The molecule has 0 bridgehead atoms. The smallest absolute Gasteiger partial charge is 0.00419 e. The average molecular weight is 238 g/mol. The molecule has 2 aliphatic rings. The number of hydrogen-bond donors (Lipinski definition) is 1. The van der Waals surface area contributed by atoms with Crippen molar-refractivity contribution in [1.82, 2.24) is 4.90 Å². The number of rotatable bonds is 3. The van der Waals surface area contributed by atoms with E-state index >= 15 is 0 Å². The van der Waals surface area contributed by atoms with Gasteiger partial charge in [-0.05, 0) is 63.5 Å². The van der Waals surface area contributed by atoms with Crippen LogP contribution in [0.3, 0.4) is 0 Å². The molecule has 100 valence electrons. The van der Waals surface area contributed by atoms with E-state index in [1.54, 1.807) is 0 Å². The van der Waals surface area contributed by atoms with Crippen LogP contribution in [0.25, 0.3) is 0 Å². The van der Waals surface area contributed by atoms with Gasteiger partial charge in [0.1, 0.15) is 0 Å². The van der Waals surface area contributed by atoms with Crippen LogP contribution in [0.1, 0.15) is 58.3 Å². The molecule has 2 fully saturated rings. The lowest BCUT2D eigenvalue weighted by Gasteiger charge is -2.31. The summed E-state index contributed by atoms with van der Waals surface area (Å²) in [4.78, 5) is 2.72. The Bertz CT molecular complexity index is 217. The summed E-state index contributed by atoms with van der Waals surface area (Å²) >= 11 is 0. The second-order valence-corrected chi connectivity index (χ2v) is 6.30. The van der Waals surface area contributed by atoms with E-state index in [2.05, 4.69) is 11.8 Å². The Hall–Kier alpha value is -0.0800. The molecule has 1 aliphatic heterocycles. The Morgan fingerprint density at radius 3 is 2.59 bits per heavy atom. The van der Waals surface area contributed by atoms with Gasteiger partial charge >= 0.3 is 0 Å². The van der Waals surface area contributed by atoms with Gasteiger partial charge < -0.3 is 10.6 Å². The fourth-order valence-corrected chi connectivity index (χ4v) is 3.68. The van der Waals surface area contributed by atoms with Crippen molar-refractivity contribution in [3.63, 3.8) is 0 Å². The minimum absolute atomic E-state index is 0.490. The fourth-order valence-electron chi connectivity index (χ4n) is 3.68. The van der Waals surface area contributed by atoms with Crippen molar-refractivity contribution in [3.8, 4) is 0 Å². The molecule has 0 aromatic carbocycles. The molecule has 1 aliphatic carbocycles. The molecular formula is C15H30N2. The highest BCUT2D eigenvalue weighted by Crippen LogP contribution is 2.26. The summed E-state index contributed by atoms with van der Waals surface area (Å²) < 4.78 is 0. The van der Waals surface area contributed by atoms with Crippen LogP contribution in [0.15, 0.2) is 0 Å². The summed E-state index contributed by atoms with van der Waals surface area (Å²) in [5, 5.41) is 0. The molecule has 3 atom stereocenters. The van der Waals surface area contributed by atoms with E-state index in [0.29, 0.717) is 6.04 Å². The molecule has 2 N–H and O–H groups in total. The normalized spacial score (nSPS) is 36.7. The number of nitrogens with zero attached hydrogens (tertiary/aromatic N) is 1. The van der Waals surface area contributed by atoms with Crippen LogP contribution in [0, 0.1) is 11.8 Å². The summed E-state index contributed by atoms with van der Waals surface area (Å²) in [6, 6.07) is 0.490. The van der Waals surface area contributed by atoms with Gasteiger partial charge in [0, 0.05) is 12.6 Å². The van der Waals surface area contributed by atoms with Crippen molar-refractivity contribution in [2.24, 2.45) is 17.6 Å². The van der Waals surface area contributed by atoms with Crippen molar-refractivity contribution < 1.29 is 0 Å². The van der Waals surface area contributed by atoms with Gasteiger partial charge in [-0.2, -0.15) is 0 Å². The molecular weight excluding hydrogens is 208 g/mol. The molecule has 0 aromatic heterocycles. The zero-order valence-electron chi connectivity index (χ0n) is 11.5. The van der Waals surface area contributed by atoms with E-state index in [4.69, 9.17) is 5.73 Å². The minimum atomic E-state index is 0.490. The van der Waals surface area contributed by atoms with E-state index in [1.807, 2.05) is 0 Å². The Morgan fingerprint density at radius 1 is 1.00 bits per heavy atom. The number of nitrogens with two attached hydrogens (primary N) is 1. The fraction of sp³-hybridized carbons (Fsp3) is 1.00. The molecule has 0 amide bonds. The van der Waals surface area contributed by atoms with Crippen LogP contribution in [-0.4, -0.2) is 30.6 Å². The van der Waals surface area contributed by atoms with Gasteiger partial charge in [-0.1, -0.05) is 19.8 Å². The quantitative estimate of drug-likeness (QED) is 0.819. The third-order valence-electron chi connectivity index (χ3n) is 4.86. The lowest BCUT2D eigenvalue weighted by molar-refractivity contribution is 0.195. The molecule has 1 heterocycles. The van der Waals surface area contributed by atoms with Gasteiger partial charge in [0.2, 0.25) is 0 Å². The summed E-state index contributed by atoms with van der Waals surface area (Å²) in [5.41, 5.74) is 6.09. The van der Waals surface area contributed by atoms with E-state index < -0.39 is 0 Å². The molecule has 0 spiro atoms. The lowest BCUT2D eigenvalue weighted by atomic mass is 9.86. The Kier molecular flexibility index (Phi) is 5.30. The average Bonchev–Trinajstić information content (AvgIpc) is 2.54. The Morgan fingerprint density at radius 2 is 1.82 bits per heavy atom. The molecule has 1 saturated carbocycles. The van der Waals surface area contributed by atoms with Gasteiger partial charge in [0.05, 0.1) is 0 Å². The predicted molar refractivity (Wildman–Crippen MR) is 74.0 cm³/mol. The highest BCUT2D eigenvalue weighted by molar-refractivity contribution is 4.79. The van der Waals surface area contributed by atoms with Crippen LogP contribution in [0.5, 0.6) is 0 Å². The van der Waals surface area contributed by atoms with E-state index in [1.165, 1.54) is 71.0 Å². The molecule has 2 rings (SSSR count). The third-order valence-corrected chi connectivity index (χ3v) is 4.86. The first-order chi connectivity index (χ1) is 8.28. The molecule has 0 aromatic rings. The van der Waals surface area contributed by atoms with Gasteiger partial charge in [-0.15, -0.1) is 0 Å². The zero-order chi connectivity index (χ0) is 12.1. The van der Waals surface area contributed by atoms with Crippen molar-refractivity contribution in [3.05, 3.63) is 0 Å². The molecule has 0 radical (unpaired) electrons. The minimum Gasteiger partial charge on any atom is -0.328 e. The highest BCUT2D eigenvalue weighted by atomic mass is 15.1. The number of likely N-dealkylation sites (tertiary alicyclic amines) is 1. The van der Waals surface area contributed by atoms with E-state index in [0.717, 1.165) is 11.8 Å². The second kappa shape index (κ2) is 6.75. The molecule has 17 heavy (non-hydrogen) atoms. The van der Waals surface area contributed by atoms with Gasteiger partial charge in [-0.3, -0.25) is 0 Å². The van der Waals surface area contributed by atoms with Crippen LogP contribution in [-0.2, 0) is 0 Å². The van der Waals surface area contributed by atoms with Gasteiger partial charge in [-0.25, -0.2) is 0 Å². The maximum atomic E-state index is 6.09. The largest absolute Gasteiger partial charge is 0.328 e. The standard InChI is InChI=1S/C15H30N2/c1-2-13-6-4-9-17(10-8-13)12-14-5-3-7-15(16)11-14/h13-15H,2-12,16H2,1H3. The van der Waals surface area contributed by atoms with Crippen molar-refractivity contribution in [2.45, 2.75) is 64.3 Å². The Labute approximate surface area is 107 Å². The first-order valence-electron chi connectivity index (χ1n) is 7.76. The van der Waals surface area contributed by atoms with Crippen LogP contribution in [0.2, 0.25) is 0 Å². The van der Waals surface area contributed by atoms with Gasteiger partial charge in [0.15, 0.2) is 0 Å². The molecule has 2 heteroatoms. The van der Waals surface area contributed by atoms with E-state index in [-0.39, 0.29) is 0 Å². The maximum absolute atomic E-state index is 6.09. The Balaban J connectivity index is 1.74. The van der Waals surface area contributed by atoms with Crippen LogP contribution in [0.4, 0.5) is 0 Å². The maximum Gasteiger partial charge on any atom is 0.00419 e. The summed E-state index contributed by atoms with van der Waals surface area (Å²) in [5.74, 6) is 1.88. The number of hydrogen-bond acceptors (Lipinski definition) is 2. The summed E-state index contributed by atoms with van der Waals surface area (Å²) in [6.45, 7) is 6.34. The predicted octanol–water partition coefficient (Wildman–Crippen LogP) is 3.02. The zero-order valence-corrected chi connectivity index (χ0v) is 11.5. The first kappa shape index (κ1) is 13.4. The summed E-state index contributed by atoms with van der Waals surface area (Å²) in [7, 11) is 0. The van der Waals surface area contributed by atoms with Gasteiger partial charge in [0.25, 0.3) is 0 Å². The first-order valence-corrected chi connectivity index (χ1v) is 7.76. The lowest BCUT2D eigenvalue weighted by Crippen LogP contribution is -2.36. The van der Waals surface area contributed by atoms with Crippen molar-refractivity contribution in [2.75, 3.05) is 19.6 Å². The molecule has 3 unspecified atom stereocenters. The van der Waals surface area contributed by atoms with Crippen LogP contribution < -0.4 is 5.73 Å². The van der Waals surface area contributed by atoms with Crippen LogP contribution >= 0.6 is 0 Å². The molecule has 2 nitrogen and oxygen atoms in total.